The van der Waals surface area contributed by atoms with Gasteiger partial charge in [-0.15, -0.1) is 0 Å². The van der Waals surface area contributed by atoms with Crippen LogP contribution in [0.4, 0.5) is 10.1 Å². The van der Waals surface area contributed by atoms with Crippen LogP contribution in [0.2, 0.25) is 0 Å². The molecular formula is C21H20FN3O2. The van der Waals surface area contributed by atoms with Gasteiger partial charge in [0.2, 0.25) is 5.91 Å². The molecule has 0 spiro atoms. The molecule has 5 nitrogen and oxygen atoms in total. The Balaban J connectivity index is 1.96. The highest BCUT2D eigenvalue weighted by Gasteiger charge is 2.14. The number of amides is 1. The molecule has 0 aliphatic rings. The Bertz CT molecular complexity index is 1040. The lowest BCUT2D eigenvalue weighted by molar-refractivity contribution is -0.116. The topological polar surface area (TPSA) is 64.0 Å². The lowest BCUT2D eigenvalue weighted by Crippen LogP contribution is -2.30. The maximum Gasteiger partial charge on any atom is 0.254 e. The van der Waals surface area contributed by atoms with E-state index in [1.165, 1.54) is 34.9 Å². The van der Waals surface area contributed by atoms with Gasteiger partial charge in [-0.2, -0.15) is 0 Å². The Hall–Kier alpha value is -3.28. The quantitative estimate of drug-likeness (QED) is 0.768. The van der Waals surface area contributed by atoms with Gasteiger partial charge in [-0.25, -0.2) is 9.37 Å². The zero-order chi connectivity index (χ0) is 19.6. The van der Waals surface area contributed by atoms with Crippen molar-refractivity contribution in [2.75, 3.05) is 5.32 Å². The molecule has 3 rings (SSSR count). The minimum Gasteiger partial charge on any atom is -0.324 e. The van der Waals surface area contributed by atoms with Crippen molar-refractivity contribution in [1.82, 2.24) is 9.55 Å². The van der Waals surface area contributed by atoms with Crippen LogP contribution in [0, 0.1) is 26.6 Å². The number of halogens is 1. The lowest BCUT2D eigenvalue weighted by atomic mass is 10.1. The average molecular weight is 365 g/mol. The van der Waals surface area contributed by atoms with Crippen LogP contribution in [-0.4, -0.2) is 15.5 Å². The Morgan fingerprint density at radius 2 is 1.70 bits per heavy atom. The number of benzene rings is 2. The second-order valence-electron chi connectivity index (χ2n) is 6.47. The van der Waals surface area contributed by atoms with Crippen LogP contribution in [0.25, 0.3) is 11.4 Å². The number of nitrogens with zero attached hydrogens (tertiary/aromatic N) is 2. The number of anilines is 1. The first kappa shape index (κ1) is 18.5. The van der Waals surface area contributed by atoms with Gasteiger partial charge in [-0.05, 0) is 56.2 Å². The molecule has 1 N–H and O–H groups in total. The third-order valence-electron chi connectivity index (χ3n) is 4.29. The van der Waals surface area contributed by atoms with E-state index in [9.17, 15) is 14.0 Å². The smallest absolute Gasteiger partial charge is 0.254 e. The second kappa shape index (κ2) is 7.53. The van der Waals surface area contributed by atoms with Crippen molar-refractivity contribution in [2.45, 2.75) is 27.3 Å². The molecule has 27 heavy (non-hydrogen) atoms. The molecule has 1 aromatic heterocycles. The summed E-state index contributed by atoms with van der Waals surface area (Å²) in [7, 11) is 0. The minimum absolute atomic E-state index is 0.188. The van der Waals surface area contributed by atoms with Gasteiger partial charge in [0.25, 0.3) is 5.56 Å². The summed E-state index contributed by atoms with van der Waals surface area (Å²) in [6.07, 6.45) is 0. The summed E-state index contributed by atoms with van der Waals surface area (Å²) in [5, 5.41) is 2.87. The van der Waals surface area contributed by atoms with Gasteiger partial charge in [-0.3, -0.25) is 14.2 Å². The second-order valence-corrected chi connectivity index (χ2v) is 6.47. The summed E-state index contributed by atoms with van der Waals surface area (Å²) in [6.45, 7) is 5.33. The molecule has 1 heterocycles. The number of carbonyl (C=O) groups excluding carboxylic acids is 1. The summed E-state index contributed by atoms with van der Waals surface area (Å²) < 4.78 is 14.5. The SMILES string of the molecule is Cc1cc(=O)n(CC(=O)Nc2c(C)cccc2C)c(-c2ccc(F)cc2)n1. The zero-order valence-corrected chi connectivity index (χ0v) is 15.4. The van der Waals surface area contributed by atoms with Crippen molar-refractivity contribution in [3.05, 3.63) is 81.5 Å². The predicted octanol–water partition coefficient (Wildman–Crippen LogP) is 3.61. The summed E-state index contributed by atoms with van der Waals surface area (Å²) in [5.74, 6) is -0.381. The molecule has 6 heteroatoms. The van der Waals surface area contributed by atoms with Gasteiger partial charge >= 0.3 is 0 Å². The van der Waals surface area contributed by atoms with E-state index in [2.05, 4.69) is 10.3 Å². The number of hydrogen-bond acceptors (Lipinski definition) is 3. The summed E-state index contributed by atoms with van der Waals surface area (Å²) >= 11 is 0. The number of para-hydroxylation sites is 1. The standard InChI is InChI=1S/C21H20FN3O2/c1-13-5-4-6-14(2)20(13)24-18(26)12-25-19(27)11-15(3)23-21(25)16-7-9-17(22)10-8-16/h4-11H,12H2,1-3H3,(H,24,26). The fourth-order valence-corrected chi connectivity index (χ4v) is 2.93. The third-order valence-corrected chi connectivity index (χ3v) is 4.29. The number of aryl methyl sites for hydroxylation is 3. The van der Waals surface area contributed by atoms with Crippen molar-refractivity contribution in [3.63, 3.8) is 0 Å². The predicted molar refractivity (Wildman–Crippen MR) is 103 cm³/mol. The van der Waals surface area contributed by atoms with E-state index in [1.54, 1.807) is 6.92 Å². The Labute approximate surface area is 156 Å². The monoisotopic (exact) mass is 365 g/mol. The Kier molecular flexibility index (Phi) is 5.16. The van der Waals surface area contributed by atoms with Crippen molar-refractivity contribution in [1.29, 1.82) is 0 Å². The first-order valence-electron chi connectivity index (χ1n) is 8.55. The van der Waals surface area contributed by atoms with Crippen LogP contribution in [-0.2, 0) is 11.3 Å². The van der Waals surface area contributed by atoms with Crippen molar-refractivity contribution in [2.24, 2.45) is 0 Å². The van der Waals surface area contributed by atoms with Gasteiger partial charge < -0.3 is 5.32 Å². The van der Waals surface area contributed by atoms with Crippen LogP contribution in [0.5, 0.6) is 0 Å². The Morgan fingerprint density at radius 3 is 2.33 bits per heavy atom. The van der Waals surface area contributed by atoms with Crippen LogP contribution < -0.4 is 10.9 Å². The van der Waals surface area contributed by atoms with Gasteiger partial charge in [-0.1, -0.05) is 18.2 Å². The molecule has 0 radical (unpaired) electrons. The lowest BCUT2D eigenvalue weighted by Gasteiger charge is -2.15. The zero-order valence-electron chi connectivity index (χ0n) is 15.4. The summed E-state index contributed by atoms with van der Waals surface area (Å²) in [6, 6.07) is 12.8. The molecule has 0 aliphatic heterocycles. The van der Waals surface area contributed by atoms with Crippen LogP contribution >= 0.6 is 0 Å². The van der Waals surface area contributed by atoms with Gasteiger partial charge in [0.1, 0.15) is 18.2 Å². The molecule has 0 unspecified atom stereocenters. The van der Waals surface area contributed by atoms with Crippen LogP contribution in [0.3, 0.4) is 0 Å². The van der Waals surface area contributed by atoms with E-state index < -0.39 is 0 Å². The molecule has 0 bridgehead atoms. The molecule has 138 valence electrons. The van der Waals surface area contributed by atoms with Crippen molar-refractivity contribution >= 4 is 11.6 Å². The van der Waals surface area contributed by atoms with Gasteiger partial charge in [0, 0.05) is 23.0 Å². The molecule has 0 aliphatic carbocycles. The van der Waals surface area contributed by atoms with E-state index in [0.717, 1.165) is 16.8 Å². The van der Waals surface area contributed by atoms with E-state index in [0.29, 0.717) is 17.1 Å². The third kappa shape index (κ3) is 4.11. The molecule has 0 atom stereocenters. The van der Waals surface area contributed by atoms with Crippen LogP contribution in [0.15, 0.2) is 53.3 Å². The Morgan fingerprint density at radius 1 is 1.07 bits per heavy atom. The van der Waals surface area contributed by atoms with Gasteiger partial charge in [0.15, 0.2) is 0 Å². The number of rotatable bonds is 4. The first-order valence-corrected chi connectivity index (χ1v) is 8.55. The fourth-order valence-electron chi connectivity index (χ4n) is 2.93. The maximum atomic E-state index is 13.2. The highest BCUT2D eigenvalue weighted by Crippen LogP contribution is 2.20. The molecule has 1 amide bonds. The van der Waals surface area contributed by atoms with E-state index in [1.807, 2.05) is 32.0 Å². The van der Waals surface area contributed by atoms with Crippen LogP contribution in [0.1, 0.15) is 16.8 Å². The van der Waals surface area contributed by atoms with Crippen molar-refractivity contribution in [3.8, 4) is 11.4 Å². The average Bonchev–Trinajstić information content (AvgIpc) is 2.61. The molecule has 3 aromatic rings. The normalized spacial score (nSPS) is 10.7. The number of hydrogen-bond donors (Lipinski definition) is 1. The van der Waals surface area contributed by atoms with Crippen molar-refractivity contribution < 1.29 is 9.18 Å². The molecule has 2 aromatic carbocycles. The molecular weight excluding hydrogens is 345 g/mol. The number of carbonyl (C=O) groups is 1. The molecule has 0 saturated heterocycles. The highest BCUT2D eigenvalue weighted by molar-refractivity contribution is 5.92. The number of nitrogens with one attached hydrogen (secondary N) is 1. The first-order chi connectivity index (χ1) is 12.8. The maximum absolute atomic E-state index is 13.2. The van der Waals surface area contributed by atoms with E-state index in [-0.39, 0.29) is 23.8 Å². The summed E-state index contributed by atoms with van der Waals surface area (Å²) in [5.41, 5.74) is 3.38. The molecule has 0 fully saturated rings. The minimum atomic E-state index is -0.381. The molecule has 0 saturated carbocycles. The fraction of sp³-hybridized carbons (Fsp3) is 0.190. The van der Waals surface area contributed by atoms with E-state index >= 15 is 0 Å². The largest absolute Gasteiger partial charge is 0.324 e. The highest BCUT2D eigenvalue weighted by atomic mass is 19.1. The summed E-state index contributed by atoms with van der Waals surface area (Å²) in [4.78, 5) is 29.5. The van der Waals surface area contributed by atoms with E-state index in [4.69, 9.17) is 0 Å². The number of aromatic nitrogens is 2. The van der Waals surface area contributed by atoms with Gasteiger partial charge in [0.05, 0.1) is 0 Å².